The van der Waals surface area contributed by atoms with E-state index in [9.17, 15) is 19.8 Å². The molecule has 2 unspecified atom stereocenters. The van der Waals surface area contributed by atoms with Crippen molar-refractivity contribution in [1.82, 2.24) is 5.32 Å². The summed E-state index contributed by atoms with van der Waals surface area (Å²) in [6, 6.07) is -0.639. The summed E-state index contributed by atoms with van der Waals surface area (Å²) in [5, 5.41) is 22.8. The Labute approximate surface area is 297 Å². The lowest BCUT2D eigenvalue weighted by Crippen LogP contribution is -2.45. The topological polar surface area (TPSA) is 95.9 Å². The van der Waals surface area contributed by atoms with Gasteiger partial charge in [-0.15, -0.1) is 0 Å². The Kier molecular flexibility index (Phi) is 36.8. The van der Waals surface area contributed by atoms with Gasteiger partial charge in [-0.3, -0.25) is 9.59 Å². The van der Waals surface area contributed by atoms with Crippen LogP contribution < -0.4 is 5.32 Å². The molecule has 0 aliphatic rings. The second kappa shape index (κ2) is 38.1. The van der Waals surface area contributed by atoms with Gasteiger partial charge in [0.05, 0.1) is 25.4 Å². The molecule has 0 fully saturated rings. The summed E-state index contributed by atoms with van der Waals surface area (Å²) in [6.07, 6.45) is 41.5. The van der Waals surface area contributed by atoms with Crippen molar-refractivity contribution in [3.63, 3.8) is 0 Å². The number of aliphatic hydroxyl groups excluding tert-OH is 2. The molecule has 48 heavy (non-hydrogen) atoms. The van der Waals surface area contributed by atoms with Gasteiger partial charge in [0.15, 0.2) is 0 Å². The highest BCUT2D eigenvalue weighted by molar-refractivity contribution is 5.76. The number of rotatable bonds is 37. The molecule has 0 saturated carbocycles. The molecule has 3 N–H and O–H groups in total. The van der Waals surface area contributed by atoms with E-state index in [1.54, 1.807) is 6.08 Å². The number of unbranched alkanes of at least 4 members (excludes halogenated alkanes) is 24. The Hall–Kier alpha value is -1.66. The van der Waals surface area contributed by atoms with Crippen molar-refractivity contribution < 1.29 is 24.5 Å². The van der Waals surface area contributed by atoms with Gasteiger partial charge < -0.3 is 20.3 Å². The maximum atomic E-state index is 12.3. The number of hydrogen-bond donors (Lipinski definition) is 3. The van der Waals surface area contributed by atoms with Gasteiger partial charge in [-0.25, -0.2) is 0 Å². The summed E-state index contributed by atoms with van der Waals surface area (Å²) in [4.78, 5) is 24.2. The van der Waals surface area contributed by atoms with E-state index in [-0.39, 0.29) is 18.5 Å². The molecule has 6 heteroatoms. The molecular weight excluding hydrogens is 598 g/mol. The van der Waals surface area contributed by atoms with E-state index in [4.69, 9.17) is 4.74 Å². The SMILES string of the molecule is CCCC/C=C\CCCCCCCC(=O)OCCCCCCCCCCCCCC(=O)NC(CO)C(O)/C=C/CCCCCCCCC. The van der Waals surface area contributed by atoms with Crippen LogP contribution in [0.2, 0.25) is 0 Å². The third kappa shape index (κ3) is 34.2. The molecule has 0 aliphatic carbocycles. The van der Waals surface area contributed by atoms with Crippen LogP contribution in [0.25, 0.3) is 0 Å². The van der Waals surface area contributed by atoms with Crippen LogP contribution in [0, 0.1) is 0 Å². The summed E-state index contributed by atoms with van der Waals surface area (Å²) in [6.45, 7) is 4.77. The van der Waals surface area contributed by atoms with E-state index in [2.05, 4.69) is 31.3 Å². The van der Waals surface area contributed by atoms with Gasteiger partial charge in [0.1, 0.15) is 0 Å². The Bertz CT molecular complexity index is 752. The highest BCUT2D eigenvalue weighted by atomic mass is 16.5. The molecule has 0 aromatic carbocycles. The van der Waals surface area contributed by atoms with Crippen LogP contribution in [0.5, 0.6) is 0 Å². The molecule has 2 atom stereocenters. The quantitative estimate of drug-likeness (QED) is 0.0345. The van der Waals surface area contributed by atoms with Gasteiger partial charge in [-0.1, -0.05) is 167 Å². The Morgan fingerprint density at radius 3 is 1.54 bits per heavy atom. The van der Waals surface area contributed by atoms with Crippen LogP contribution in [0.3, 0.4) is 0 Å². The van der Waals surface area contributed by atoms with Crippen molar-refractivity contribution >= 4 is 11.9 Å². The van der Waals surface area contributed by atoms with Crippen molar-refractivity contribution in [2.75, 3.05) is 13.2 Å². The van der Waals surface area contributed by atoms with Crippen molar-refractivity contribution in [2.45, 2.75) is 219 Å². The minimum atomic E-state index is -0.853. The lowest BCUT2D eigenvalue weighted by Gasteiger charge is -2.20. The fourth-order valence-electron chi connectivity index (χ4n) is 5.96. The average molecular weight is 678 g/mol. The number of aliphatic hydroxyl groups is 2. The monoisotopic (exact) mass is 678 g/mol. The van der Waals surface area contributed by atoms with E-state index in [0.717, 1.165) is 57.8 Å². The van der Waals surface area contributed by atoms with Gasteiger partial charge in [0, 0.05) is 12.8 Å². The predicted octanol–water partition coefficient (Wildman–Crippen LogP) is 11.2. The van der Waals surface area contributed by atoms with Gasteiger partial charge in [0.2, 0.25) is 5.91 Å². The number of amides is 1. The minimum absolute atomic E-state index is 0.0281. The van der Waals surface area contributed by atoms with Crippen LogP contribution in [-0.4, -0.2) is 47.4 Å². The van der Waals surface area contributed by atoms with Crippen LogP contribution in [-0.2, 0) is 14.3 Å². The van der Waals surface area contributed by atoms with Crippen LogP contribution in [0.4, 0.5) is 0 Å². The number of esters is 1. The van der Waals surface area contributed by atoms with E-state index < -0.39 is 12.1 Å². The third-order valence-corrected chi connectivity index (χ3v) is 9.22. The minimum Gasteiger partial charge on any atom is -0.466 e. The van der Waals surface area contributed by atoms with Gasteiger partial charge in [-0.05, 0) is 51.4 Å². The average Bonchev–Trinajstić information content (AvgIpc) is 3.08. The van der Waals surface area contributed by atoms with E-state index in [1.165, 1.54) is 122 Å². The molecule has 0 spiro atoms. The van der Waals surface area contributed by atoms with E-state index in [0.29, 0.717) is 19.4 Å². The number of carbonyl (C=O) groups is 2. The highest BCUT2D eigenvalue weighted by Crippen LogP contribution is 2.14. The fraction of sp³-hybridized carbons (Fsp3) is 0.857. The number of hydrogen-bond acceptors (Lipinski definition) is 5. The first-order valence-corrected chi connectivity index (χ1v) is 20.6. The molecule has 0 aromatic rings. The zero-order chi connectivity index (χ0) is 35.2. The highest BCUT2D eigenvalue weighted by Gasteiger charge is 2.18. The van der Waals surface area contributed by atoms with Gasteiger partial charge >= 0.3 is 5.97 Å². The smallest absolute Gasteiger partial charge is 0.305 e. The first-order chi connectivity index (χ1) is 23.5. The van der Waals surface area contributed by atoms with Crippen molar-refractivity contribution in [1.29, 1.82) is 0 Å². The van der Waals surface area contributed by atoms with Crippen molar-refractivity contribution in [3.8, 4) is 0 Å². The van der Waals surface area contributed by atoms with Gasteiger partial charge in [0.25, 0.3) is 0 Å². The summed E-state index contributed by atoms with van der Waals surface area (Å²) in [5.41, 5.74) is 0. The molecule has 0 heterocycles. The van der Waals surface area contributed by atoms with E-state index in [1.807, 2.05) is 6.08 Å². The van der Waals surface area contributed by atoms with Gasteiger partial charge in [-0.2, -0.15) is 0 Å². The second-order valence-electron chi connectivity index (χ2n) is 14.0. The number of carbonyl (C=O) groups excluding carboxylic acids is 2. The number of ether oxygens (including phenoxy) is 1. The standard InChI is InChI=1S/C42H79NO5/c1-3-5-7-9-11-13-15-20-24-28-32-36-42(47)48-37-33-29-25-21-17-14-16-19-23-27-31-35-41(46)43-39(38-44)40(45)34-30-26-22-18-12-10-8-6-4-2/h9,11,30,34,39-40,44-45H,3-8,10,12-29,31-33,35-38H2,1-2H3,(H,43,46)/b11-9-,34-30+. The lowest BCUT2D eigenvalue weighted by atomic mass is 10.0. The summed E-state index contributed by atoms with van der Waals surface area (Å²) in [7, 11) is 0. The molecular formula is C42H79NO5. The molecule has 282 valence electrons. The predicted molar refractivity (Wildman–Crippen MR) is 204 cm³/mol. The summed E-state index contributed by atoms with van der Waals surface area (Å²) >= 11 is 0. The summed E-state index contributed by atoms with van der Waals surface area (Å²) in [5.74, 6) is -0.120. The maximum Gasteiger partial charge on any atom is 0.305 e. The third-order valence-electron chi connectivity index (χ3n) is 9.22. The summed E-state index contributed by atoms with van der Waals surface area (Å²) < 4.78 is 5.41. The number of nitrogens with one attached hydrogen (secondary N) is 1. The molecule has 1 amide bonds. The second-order valence-corrected chi connectivity index (χ2v) is 14.0. The van der Waals surface area contributed by atoms with Crippen LogP contribution >= 0.6 is 0 Å². The molecule has 0 rings (SSSR count). The first-order valence-electron chi connectivity index (χ1n) is 20.6. The Morgan fingerprint density at radius 2 is 1.00 bits per heavy atom. The molecule has 6 nitrogen and oxygen atoms in total. The lowest BCUT2D eigenvalue weighted by molar-refractivity contribution is -0.143. The zero-order valence-corrected chi connectivity index (χ0v) is 31.7. The normalized spacial score (nSPS) is 13.0. The molecule has 0 bridgehead atoms. The Balaban J connectivity index is 3.52. The van der Waals surface area contributed by atoms with Crippen LogP contribution in [0.15, 0.2) is 24.3 Å². The largest absolute Gasteiger partial charge is 0.466 e. The first kappa shape index (κ1) is 46.3. The molecule has 0 aliphatic heterocycles. The van der Waals surface area contributed by atoms with E-state index >= 15 is 0 Å². The maximum absolute atomic E-state index is 12.3. The Morgan fingerprint density at radius 1 is 0.562 bits per heavy atom. The molecule has 0 aromatic heterocycles. The molecule has 0 saturated heterocycles. The number of allylic oxidation sites excluding steroid dienone is 3. The fourth-order valence-corrected chi connectivity index (χ4v) is 5.96. The van der Waals surface area contributed by atoms with Crippen molar-refractivity contribution in [2.24, 2.45) is 0 Å². The molecule has 0 radical (unpaired) electrons. The van der Waals surface area contributed by atoms with Crippen molar-refractivity contribution in [3.05, 3.63) is 24.3 Å². The zero-order valence-electron chi connectivity index (χ0n) is 31.7. The van der Waals surface area contributed by atoms with Crippen LogP contribution in [0.1, 0.15) is 206 Å².